The van der Waals surface area contributed by atoms with Gasteiger partial charge in [0.1, 0.15) is 12.4 Å². The quantitative estimate of drug-likeness (QED) is 0.803. The SMILES string of the molecule is CC1CN(C(=O)c2ccc(COc3ccc(C(C)(C)C)cc3)cc2)CCO1. The van der Waals surface area contributed by atoms with Crippen molar-refractivity contribution >= 4 is 5.91 Å². The number of carbonyl (C=O) groups is 1. The molecule has 0 spiro atoms. The van der Waals surface area contributed by atoms with Crippen LogP contribution in [0.2, 0.25) is 0 Å². The Bertz CT molecular complexity index is 760. The first-order valence-corrected chi connectivity index (χ1v) is 9.56. The highest BCUT2D eigenvalue weighted by atomic mass is 16.5. The van der Waals surface area contributed by atoms with E-state index in [1.54, 1.807) is 0 Å². The molecule has 0 aromatic heterocycles. The van der Waals surface area contributed by atoms with Crippen LogP contribution in [-0.4, -0.2) is 36.6 Å². The van der Waals surface area contributed by atoms with E-state index in [1.807, 2.05) is 48.2 Å². The van der Waals surface area contributed by atoms with Crippen LogP contribution in [0.25, 0.3) is 0 Å². The number of carbonyl (C=O) groups excluding carboxylic acids is 1. The predicted molar refractivity (Wildman–Crippen MR) is 107 cm³/mol. The average molecular weight is 367 g/mol. The van der Waals surface area contributed by atoms with Crippen molar-refractivity contribution in [2.24, 2.45) is 0 Å². The maximum Gasteiger partial charge on any atom is 0.254 e. The van der Waals surface area contributed by atoms with E-state index in [4.69, 9.17) is 9.47 Å². The van der Waals surface area contributed by atoms with Crippen LogP contribution < -0.4 is 4.74 Å². The molecule has 27 heavy (non-hydrogen) atoms. The monoisotopic (exact) mass is 367 g/mol. The van der Waals surface area contributed by atoms with Gasteiger partial charge >= 0.3 is 0 Å². The van der Waals surface area contributed by atoms with Gasteiger partial charge in [-0.3, -0.25) is 4.79 Å². The number of ether oxygens (including phenoxy) is 2. The van der Waals surface area contributed by atoms with Crippen LogP contribution in [0.5, 0.6) is 5.75 Å². The summed E-state index contributed by atoms with van der Waals surface area (Å²) in [4.78, 5) is 14.4. The van der Waals surface area contributed by atoms with E-state index in [0.29, 0.717) is 31.9 Å². The molecule has 2 aromatic carbocycles. The third kappa shape index (κ3) is 5.10. The Morgan fingerprint density at radius 2 is 1.78 bits per heavy atom. The molecule has 1 atom stereocenters. The first kappa shape index (κ1) is 19.4. The third-order valence-corrected chi connectivity index (χ3v) is 4.86. The van der Waals surface area contributed by atoms with E-state index in [2.05, 4.69) is 32.9 Å². The topological polar surface area (TPSA) is 38.8 Å². The van der Waals surface area contributed by atoms with Crippen molar-refractivity contribution in [3.63, 3.8) is 0 Å². The Hall–Kier alpha value is -2.33. The molecular formula is C23H29NO3. The van der Waals surface area contributed by atoms with Gasteiger partial charge in [0.25, 0.3) is 5.91 Å². The normalized spacial score (nSPS) is 17.6. The predicted octanol–water partition coefficient (Wildman–Crippen LogP) is 4.42. The van der Waals surface area contributed by atoms with Gasteiger partial charge in [0.15, 0.2) is 0 Å². The number of morpholine rings is 1. The molecule has 0 bridgehead atoms. The average Bonchev–Trinajstić information content (AvgIpc) is 2.66. The maximum absolute atomic E-state index is 12.6. The molecule has 4 heteroatoms. The minimum absolute atomic E-state index is 0.0652. The van der Waals surface area contributed by atoms with Crippen LogP contribution in [0, 0.1) is 0 Å². The largest absolute Gasteiger partial charge is 0.489 e. The summed E-state index contributed by atoms with van der Waals surface area (Å²) >= 11 is 0. The fraction of sp³-hybridized carbons (Fsp3) is 0.435. The zero-order chi connectivity index (χ0) is 19.4. The summed E-state index contributed by atoms with van der Waals surface area (Å²) in [6.45, 7) is 11.0. The van der Waals surface area contributed by atoms with Crippen molar-refractivity contribution in [2.75, 3.05) is 19.7 Å². The number of hydrogen-bond donors (Lipinski definition) is 0. The van der Waals surface area contributed by atoms with Crippen LogP contribution in [0.15, 0.2) is 48.5 Å². The Kier molecular flexibility index (Phi) is 5.85. The van der Waals surface area contributed by atoms with Crippen molar-refractivity contribution in [3.05, 3.63) is 65.2 Å². The van der Waals surface area contributed by atoms with Gasteiger partial charge in [-0.15, -0.1) is 0 Å². The van der Waals surface area contributed by atoms with E-state index in [1.165, 1.54) is 5.56 Å². The van der Waals surface area contributed by atoms with Crippen molar-refractivity contribution < 1.29 is 14.3 Å². The van der Waals surface area contributed by atoms with Crippen LogP contribution in [-0.2, 0) is 16.8 Å². The molecule has 3 rings (SSSR count). The summed E-state index contributed by atoms with van der Waals surface area (Å²) in [5, 5.41) is 0. The first-order chi connectivity index (χ1) is 12.8. The second kappa shape index (κ2) is 8.13. The lowest BCUT2D eigenvalue weighted by molar-refractivity contribution is -0.0124. The van der Waals surface area contributed by atoms with Gasteiger partial charge in [-0.25, -0.2) is 0 Å². The highest BCUT2D eigenvalue weighted by molar-refractivity contribution is 5.94. The molecular weight excluding hydrogens is 338 g/mol. The minimum atomic E-state index is 0.0652. The Morgan fingerprint density at radius 1 is 1.11 bits per heavy atom. The molecule has 1 aliphatic heterocycles. The zero-order valence-electron chi connectivity index (χ0n) is 16.7. The lowest BCUT2D eigenvalue weighted by Crippen LogP contribution is -2.44. The Morgan fingerprint density at radius 3 is 2.37 bits per heavy atom. The highest BCUT2D eigenvalue weighted by Gasteiger charge is 2.22. The number of benzene rings is 2. The molecule has 4 nitrogen and oxygen atoms in total. The summed E-state index contributed by atoms with van der Waals surface area (Å²) in [5.41, 5.74) is 3.18. The van der Waals surface area contributed by atoms with E-state index in [0.717, 1.165) is 11.3 Å². The Labute approximate surface area is 162 Å². The molecule has 1 fully saturated rings. The summed E-state index contributed by atoms with van der Waals surface area (Å²) in [5.74, 6) is 0.917. The van der Waals surface area contributed by atoms with Crippen LogP contribution >= 0.6 is 0 Å². The van der Waals surface area contributed by atoms with Crippen LogP contribution in [0.1, 0.15) is 49.2 Å². The van der Waals surface area contributed by atoms with Crippen molar-refractivity contribution in [3.8, 4) is 5.75 Å². The number of rotatable bonds is 4. The fourth-order valence-electron chi connectivity index (χ4n) is 3.15. The minimum Gasteiger partial charge on any atom is -0.489 e. The number of nitrogens with zero attached hydrogens (tertiary/aromatic N) is 1. The smallest absolute Gasteiger partial charge is 0.254 e. The standard InChI is InChI=1S/C23H29NO3/c1-17-15-24(13-14-26-17)22(25)19-7-5-18(6-8-19)16-27-21-11-9-20(10-12-21)23(2,3)4/h5-12,17H,13-16H2,1-4H3. The first-order valence-electron chi connectivity index (χ1n) is 9.56. The number of amides is 1. The molecule has 0 N–H and O–H groups in total. The molecule has 0 radical (unpaired) electrons. The zero-order valence-corrected chi connectivity index (χ0v) is 16.7. The van der Waals surface area contributed by atoms with Crippen LogP contribution in [0.4, 0.5) is 0 Å². The number of hydrogen-bond acceptors (Lipinski definition) is 3. The van der Waals surface area contributed by atoms with Crippen molar-refractivity contribution in [2.45, 2.75) is 45.8 Å². The van der Waals surface area contributed by atoms with E-state index < -0.39 is 0 Å². The molecule has 144 valence electrons. The molecule has 1 amide bonds. The van der Waals surface area contributed by atoms with Gasteiger partial charge < -0.3 is 14.4 Å². The molecule has 1 saturated heterocycles. The molecule has 1 unspecified atom stereocenters. The van der Waals surface area contributed by atoms with Gasteiger partial charge in [0, 0.05) is 18.7 Å². The Balaban J connectivity index is 1.57. The van der Waals surface area contributed by atoms with Crippen molar-refractivity contribution in [1.82, 2.24) is 4.90 Å². The van der Waals surface area contributed by atoms with Gasteiger partial charge in [0.2, 0.25) is 0 Å². The summed E-state index contributed by atoms with van der Waals surface area (Å²) in [6.07, 6.45) is 0.0973. The lowest BCUT2D eigenvalue weighted by Gasteiger charge is -2.31. The molecule has 0 aliphatic carbocycles. The van der Waals surface area contributed by atoms with Gasteiger partial charge in [-0.2, -0.15) is 0 Å². The van der Waals surface area contributed by atoms with Gasteiger partial charge in [-0.05, 0) is 47.7 Å². The molecule has 1 aliphatic rings. The van der Waals surface area contributed by atoms with Crippen molar-refractivity contribution in [1.29, 1.82) is 0 Å². The lowest BCUT2D eigenvalue weighted by atomic mass is 9.87. The van der Waals surface area contributed by atoms with E-state index >= 15 is 0 Å². The molecule has 2 aromatic rings. The summed E-state index contributed by atoms with van der Waals surface area (Å²) in [7, 11) is 0. The summed E-state index contributed by atoms with van der Waals surface area (Å²) in [6, 6.07) is 15.9. The third-order valence-electron chi connectivity index (χ3n) is 4.86. The van der Waals surface area contributed by atoms with Crippen LogP contribution in [0.3, 0.4) is 0 Å². The second-order valence-electron chi connectivity index (χ2n) is 8.19. The highest BCUT2D eigenvalue weighted by Crippen LogP contribution is 2.24. The van der Waals surface area contributed by atoms with E-state index in [9.17, 15) is 4.79 Å². The summed E-state index contributed by atoms with van der Waals surface area (Å²) < 4.78 is 11.4. The maximum atomic E-state index is 12.6. The molecule has 0 saturated carbocycles. The van der Waals surface area contributed by atoms with E-state index in [-0.39, 0.29) is 17.4 Å². The van der Waals surface area contributed by atoms with Gasteiger partial charge in [-0.1, -0.05) is 45.0 Å². The molecule has 1 heterocycles. The fourth-order valence-corrected chi connectivity index (χ4v) is 3.15. The second-order valence-corrected chi connectivity index (χ2v) is 8.19. The van der Waals surface area contributed by atoms with Gasteiger partial charge in [0.05, 0.1) is 12.7 Å².